The number of benzene rings is 1. The van der Waals surface area contributed by atoms with Crippen LogP contribution in [-0.4, -0.2) is 54.7 Å². The zero-order valence-corrected chi connectivity index (χ0v) is 25.1. The number of aliphatic hydroxyl groups is 1. The second-order valence-electron chi connectivity index (χ2n) is 12.0. The van der Waals surface area contributed by atoms with Crippen LogP contribution in [0.15, 0.2) is 30.3 Å². The molecule has 0 radical (unpaired) electrons. The fraction of sp³-hybridized carbons (Fsp3) is 0.818. The zero-order chi connectivity index (χ0) is 27.8. The van der Waals surface area contributed by atoms with Crippen molar-refractivity contribution in [3.63, 3.8) is 0 Å². The van der Waals surface area contributed by atoms with Gasteiger partial charge in [-0.25, -0.2) is 0 Å². The normalized spacial score (nSPS) is 24.7. The predicted molar refractivity (Wildman–Crippen MR) is 158 cm³/mol. The lowest BCUT2D eigenvalue weighted by Gasteiger charge is -2.31. The van der Waals surface area contributed by atoms with Gasteiger partial charge in [-0.15, -0.1) is 0 Å². The van der Waals surface area contributed by atoms with E-state index in [0.29, 0.717) is 13.0 Å². The summed E-state index contributed by atoms with van der Waals surface area (Å²) in [6.07, 6.45) is 18.4. The molecule has 2 fully saturated rings. The Morgan fingerprint density at radius 2 is 1.44 bits per heavy atom. The molecule has 0 aromatic heterocycles. The highest BCUT2D eigenvalue weighted by molar-refractivity contribution is 5.13. The van der Waals surface area contributed by atoms with Crippen molar-refractivity contribution in [2.75, 3.05) is 13.2 Å². The molecule has 0 aliphatic carbocycles. The third kappa shape index (κ3) is 11.8. The van der Waals surface area contributed by atoms with Crippen molar-refractivity contribution in [3.8, 4) is 0 Å². The maximum atomic E-state index is 9.80. The second-order valence-corrected chi connectivity index (χ2v) is 12.0. The van der Waals surface area contributed by atoms with E-state index in [1.807, 2.05) is 32.0 Å². The van der Waals surface area contributed by atoms with Crippen molar-refractivity contribution in [1.82, 2.24) is 5.32 Å². The Hall–Kier alpha value is -1.02. The first-order valence-electron chi connectivity index (χ1n) is 16.0. The Balaban J connectivity index is 1.33. The fourth-order valence-electron chi connectivity index (χ4n) is 5.91. The number of rotatable bonds is 22. The average Bonchev–Trinajstić information content (AvgIpc) is 3.41. The monoisotopic (exact) mass is 547 g/mol. The van der Waals surface area contributed by atoms with Crippen LogP contribution < -0.4 is 5.32 Å². The van der Waals surface area contributed by atoms with Gasteiger partial charge >= 0.3 is 0 Å². The predicted octanol–water partition coefficient (Wildman–Crippen LogP) is 7.27. The second kappa shape index (κ2) is 18.4. The Labute approximate surface area is 238 Å². The summed E-state index contributed by atoms with van der Waals surface area (Å²) in [6, 6.07) is 10.2. The van der Waals surface area contributed by atoms with Crippen molar-refractivity contribution in [3.05, 3.63) is 35.9 Å². The van der Waals surface area contributed by atoms with Crippen molar-refractivity contribution >= 4 is 0 Å². The van der Waals surface area contributed by atoms with Gasteiger partial charge in [-0.05, 0) is 38.8 Å². The van der Waals surface area contributed by atoms with Crippen LogP contribution in [0, 0.1) is 0 Å². The molecule has 0 bridgehead atoms. The van der Waals surface area contributed by atoms with Gasteiger partial charge in [-0.3, -0.25) is 0 Å². The summed E-state index contributed by atoms with van der Waals surface area (Å²) >= 11 is 0. The zero-order valence-electron chi connectivity index (χ0n) is 25.1. The Morgan fingerprint density at radius 3 is 2.03 bits per heavy atom. The molecule has 1 aromatic rings. The first kappa shape index (κ1) is 32.5. The molecular weight excluding hydrogens is 490 g/mol. The van der Waals surface area contributed by atoms with Gasteiger partial charge in [-0.2, -0.15) is 0 Å². The quantitative estimate of drug-likeness (QED) is 0.149. The Kier molecular flexibility index (Phi) is 15.3. The van der Waals surface area contributed by atoms with E-state index in [9.17, 15) is 5.11 Å². The summed E-state index contributed by atoms with van der Waals surface area (Å²) in [5.74, 6) is -0.692. The lowest BCUT2D eigenvalue weighted by atomic mass is 10.00. The molecule has 4 unspecified atom stereocenters. The summed E-state index contributed by atoms with van der Waals surface area (Å²) in [7, 11) is 0. The Morgan fingerprint density at radius 1 is 0.846 bits per heavy atom. The van der Waals surface area contributed by atoms with E-state index in [-0.39, 0.29) is 31.0 Å². The van der Waals surface area contributed by atoms with Gasteiger partial charge in [0.1, 0.15) is 18.3 Å². The van der Waals surface area contributed by atoms with Crippen molar-refractivity contribution in [2.24, 2.45) is 0 Å². The van der Waals surface area contributed by atoms with E-state index < -0.39 is 12.1 Å². The molecule has 6 nitrogen and oxygen atoms in total. The van der Waals surface area contributed by atoms with Crippen LogP contribution in [0.5, 0.6) is 0 Å². The van der Waals surface area contributed by atoms with Crippen molar-refractivity contribution in [2.45, 2.75) is 160 Å². The topological polar surface area (TPSA) is 69.2 Å². The highest BCUT2D eigenvalue weighted by Gasteiger charge is 2.56. The third-order valence-corrected chi connectivity index (χ3v) is 8.09. The van der Waals surface area contributed by atoms with E-state index in [2.05, 4.69) is 24.4 Å². The minimum atomic E-state index is -0.692. The largest absolute Gasteiger partial charge is 0.396 e. The van der Waals surface area contributed by atoms with Crippen LogP contribution in [-0.2, 0) is 25.6 Å². The molecule has 2 aliphatic rings. The van der Waals surface area contributed by atoms with E-state index in [0.717, 1.165) is 18.5 Å². The summed E-state index contributed by atoms with van der Waals surface area (Å²) in [4.78, 5) is 0. The van der Waals surface area contributed by atoms with Crippen LogP contribution in [0.25, 0.3) is 0 Å². The van der Waals surface area contributed by atoms with Gasteiger partial charge < -0.3 is 29.4 Å². The molecule has 39 heavy (non-hydrogen) atoms. The van der Waals surface area contributed by atoms with Crippen LogP contribution in [0.1, 0.15) is 123 Å². The van der Waals surface area contributed by atoms with Gasteiger partial charge in [0.05, 0.1) is 6.61 Å². The summed E-state index contributed by atoms with van der Waals surface area (Å²) < 4.78 is 25.0. The number of fused-ring (bicyclic) bond motifs is 1. The van der Waals surface area contributed by atoms with Crippen LogP contribution >= 0.6 is 0 Å². The first-order chi connectivity index (χ1) is 19.0. The highest BCUT2D eigenvalue weighted by atomic mass is 16.8. The molecule has 2 saturated heterocycles. The molecule has 0 saturated carbocycles. The van der Waals surface area contributed by atoms with Crippen molar-refractivity contribution < 1.29 is 24.1 Å². The molecule has 3 rings (SSSR count). The number of unbranched alkanes of at least 4 members (excludes halogenated alkanes) is 13. The minimum absolute atomic E-state index is 0.0151. The van der Waals surface area contributed by atoms with Gasteiger partial charge in [0, 0.05) is 12.6 Å². The van der Waals surface area contributed by atoms with Crippen LogP contribution in [0.4, 0.5) is 0 Å². The van der Waals surface area contributed by atoms with E-state index in [1.54, 1.807) is 0 Å². The maximum absolute atomic E-state index is 9.80. The van der Waals surface area contributed by atoms with Gasteiger partial charge in [-0.1, -0.05) is 121 Å². The molecule has 224 valence electrons. The Bertz CT molecular complexity index is 745. The molecule has 2 heterocycles. The summed E-state index contributed by atoms with van der Waals surface area (Å²) in [6.45, 7) is 7.61. The minimum Gasteiger partial charge on any atom is -0.396 e. The smallest absolute Gasteiger partial charge is 0.190 e. The molecule has 1 aromatic carbocycles. The average molecular weight is 548 g/mol. The standard InChI is InChI=1S/C33H57NO5/c1-4-5-6-7-8-9-10-11-12-13-14-15-16-20-24-34-28(23-25-35)29-30(36-26-27-21-18-17-19-22-27)31-32(37-29)39-33(2,3)38-31/h17-19,21-22,28-32,34-35H,4-16,20,23-26H2,1-3H3/t28?,29?,30?,31-,32?/m1/s1. The molecule has 0 amide bonds. The van der Waals surface area contributed by atoms with Crippen LogP contribution in [0.3, 0.4) is 0 Å². The number of hydrogen-bond donors (Lipinski definition) is 2. The van der Waals surface area contributed by atoms with Gasteiger partial charge in [0.25, 0.3) is 0 Å². The molecule has 2 aliphatic heterocycles. The highest BCUT2D eigenvalue weighted by Crippen LogP contribution is 2.40. The fourth-order valence-corrected chi connectivity index (χ4v) is 5.91. The summed E-state index contributed by atoms with van der Waals surface area (Å²) in [5, 5.41) is 13.5. The van der Waals surface area contributed by atoms with Gasteiger partial charge in [0.2, 0.25) is 0 Å². The number of ether oxygens (including phenoxy) is 4. The van der Waals surface area contributed by atoms with Gasteiger partial charge in [0.15, 0.2) is 12.1 Å². The first-order valence-corrected chi connectivity index (χ1v) is 16.0. The van der Waals surface area contributed by atoms with E-state index in [1.165, 1.54) is 83.5 Å². The maximum Gasteiger partial charge on any atom is 0.190 e. The van der Waals surface area contributed by atoms with E-state index in [4.69, 9.17) is 18.9 Å². The lowest BCUT2D eigenvalue weighted by molar-refractivity contribution is -0.222. The number of nitrogens with one attached hydrogen (secondary N) is 1. The van der Waals surface area contributed by atoms with Crippen LogP contribution in [0.2, 0.25) is 0 Å². The number of aliphatic hydroxyl groups excluding tert-OH is 1. The molecule has 0 spiro atoms. The third-order valence-electron chi connectivity index (χ3n) is 8.09. The molecule has 2 N–H and O–H groups in total. The molecule has 6 heteroatoms. The molecular formula is C33H57NO5. The number of hydrogen-bond acceptors (Lipinski definition) is 6. The van der Waals surface area contributed by atoms with Crippen molar-refractivity contribution in [1.29, 1.82) is 0 Å². The molecule has 5 atom stereocenters. The van der Waals surface area contributed by atoms with E-state index >= 15 is 0 Å². The lowest BCUT2D eigenvalue weighted by Crippen LogP contribution is -2.49. The summed E-state index contributed by atoms with van der Waals surface area (Å²) in [5.41, 5.74) is 1.12. The SMILES string of the molecule is CCCCCCCCCCCCCCCCNC(CCO)C1OC2OC(C)(C)O[C@@H]2C1OCc1ccccc1.